The number of aromatic nitrogens is 2. The van der Waals surface area contributed by atoms with Crippen molar-refractivity contribution in [2.24, 2.45) is 0 Å². The minimum Gasteiger partial charge on any atom is -0.496 e. The van der Waals surface area contributed by atoms with Crippen LogP contribution in [0.15, 0.2) is 59.1 Å². The maximum Gasteiger partial charge on any atom is 0.412 e. The Morgan fingerprint density at radius 1 is 1.12 bits per heavy atom. The van der Waals surface area contributed by atoms with Crippen molar-refractivity contribution in [3.05, 3.63) is 74.7 Å². The van der Waals surface area contributed by atoms with Gasteiger partial charge in [-0.3, -0.25) is 0 Å². The quantitative estimate of drug-likeness (QED) is 0.291. The first kappa shape index (κ1) is 22.5. The predicted molar refractivity (Wildman–Crippen MR) is 130 cm³/mol. The summed E-state index contributed by atoms with van der Waals surface area (Å²) < 4.78 is 11.5. The number of hydrogen-bond donors (Lipinski definition) is 2. The van der Waals surface area contributed by atoms with Crippen molar-refractivity contribution < 1.29 is 14.3 Å². The summed E-state index contributed by atoms with van der Waals surface area (Å²) in [5.41, 5.74) is 3.08. The minimum atomic E-state index is -0.536. The van der Waals surface area contributed by atoms with Crippen LogP contribution >= 0.6 is 39.1 Å². The van der Waals surface area contributed by atoms with Crippen molar-refractivity contribution in [1.82, 2.24) is 15.3 Å². The van der Waals surface area contributed by atoms with Crippen LogP contribution in [0.3, 0.4) is 0 Å². The SMILES string of the molecule is COc1ccc(CCNC(=O)Oc2ccc3nc(-c4c(Cl)cccc4Cl)[nH]c3c2)cc1Br. The number of nitrogens with zero attached hydrogens (tertiary/aromatic N) is 1. The van der Waals surface area contributed by atoms with Crippen molar-refractivity contribution in [1.29, 1.82) is 0 Å². The van der Waals surface area contributed by atoms with Gasteiger partial charge in [0.05, 0.1) is 38.2 Å². The number of carbonyl (C=O) groups is 1. The number of benzene rings is 3. The molecule has 6 nitrogen and oxygen atoms in total. The van der Waals surface area contributed by atoms with Gasteiger partial charge in [-0.25, -0.2) is 9.78 Å². The number of carbonyl (C=O) groups excluding carboxylic acids is 1. The van der Waals surface area contributed by atoms with Crippen molar-refractivity contribution in [3.8, 4) is 22.9 Å². The van der Waals surface area contributed by atoms with Gasteiger partial charge in [-0.05, 0) is 64.3 Å². The zero-order valence-electron chi connectivity index (χ0n) is 16.9. The molecule has 0 bridgehead atoms. The molecule has 0 unspecified atom stereocenters. The largest absolute Gasteiger partial charge is 0.496 e. The Balaban J connectivity index is 1.39. The van der Waals surface area contributed by atoms with Gasteiger partial charge in [0.15, 0.2) is 0 Å². The number of rotatable bonds is 6. The summed E-state index contributed by atoms with van der Waals surface area (Å²) in [6.07, 6.45) is 0.116. The Morgan fingerprint density at radius 2 is 1.91 bits per heavy atom. The maximum atomic E-state index is 12.2. The first-order valence-corrected chi connectivity index (χ1v) is 11.2. The average molecular weight is 535 g/mol. The highest BCUT2D eigenvalue weighted by molar-refractivity contribution is 9.10. The molecule has 4 aromatic rings. The lowest BCUT2D eigenvalue weighted by atomic mass is 10.1. The maximum absolute atomic E-state index is 12.2. The highest BCUT2D eigenvalue weighted by atomic mass is 79.9. The van der Waals surface area contributed by atoms with Crippen LogP contribution in [0.4, 0.5) is 4.79 Å². The summed E-state index contributed by atoms with van der Waals surface area (Å²) in [4.78, 5) is 19.9. The van der Waals surface area contributed by atoms with Gasteiger partial charge in [0, 0.05) is 12.6 Å². The van der Waals surface area contributed by atoms with E-state index < -0.39 is 6.09 Å². The van der Waals surface area contributed by atoms with E-state index in [1.165, 1.54) is 0 Å². The monoisotopic (exact) mass is 533 g/mol. The Hall–Kier alpha value is -2.74. The molecule has 164 valence electrons. The van der Waals surface area contributed by atoms with E-state index in [1.807, 2.05) is 18.2 Å². The molecule has 0 aliphatic rings. The number of H-pyrrole nitrogens is 1. The van der Waals surface area contributed by atoms with Gasteiger partial charge in [-0.2, -0.15) is 0 Å². The number of methoxy groups -OCH3 is 1. The molecule has 4 rings (SSSR count). The molecule has 0 radical (unpaired) electrons. The molecule has 2 N–H and O–H groups in total. The number of hydrogen-bond acceptors (Lipinski definition) is 4. The zero-order chi connectivity index (χ0) is 22.7. The molecule has 1 heterocycles. The normalized spacial score (nSPS) is 10.9. The Bertz CT molecular complexity index is 1270. The number of nitrogens with one attached hydrogen (secondary N) is 2. The van der Waals surface area contributed by atoms with Crippen LogP contribution < -0.4 is 14.8 Å². The van der Waals surface area contributed by atoms with E-state index in [4.69, 9.17) is 32.7 Å². The van der Waals surface area contributed by atoms with Crippen LogP contribution in [-0.2, 0) is 6.42 Å². The number of fused-ring (bicyclic) bond motifs is 1. The highest BCUT2D eigenvalue weighted by Crippen LogP contribution is 2.34. The fourth-order valence-electron chi connectivity index (χ4n) is 3.21. The summed E-state index contributed by atoms with van der Waals surface area (Å²) >= 11 is 16.0. The summed E-state index contributed by atoms with van der Waals surface area (Å²) in [7, 11) is 1.62. The molecule has 0 aliphatic heterocycles. The van der Waals surface area contributed by atoms with Gasteiger partial charge in [0.2, 0.25) is 0 Å². The van der Waals surface area contributed by atoms with E-state index in [0.717, 1.165) is 15.8 Å². The molecule has 9 heteroatoms. The standard InChI is InChI=1S/C23H18BrCl2N3O3/c1-31-20-8-5-13(11-15(20)24)9-10-27-23(30)32-14-6-7-18-19(12-14)29-22(28-18)21-16(25)3-2-4-17(21)26/h2-8,11-12H,9-10H2,1H3,(H,27,30)(H,28,29). The van der Waals surface area contributed by atoms with Crippen molar-refractivity contribution in [2.45, 2.75) is 6.42 Å². The second-order valence-electron chi connectivity index (χ2n) is 6.90. The molecule has 0 saturated carbocycles. The van der Waals surface area contributed by atoms with Crippen LogP contribution in [0, 0.1) is 0 Å². The van der Waals surface area contributed by atoms with Gasteiger partial charge < -0.3 is 19.8 Å². The third-order valence-electron chi connectivity index (χ3n) is 4.76. The average Bonchev–Trinajstić information content (AvgIpc) is 3.16. The van der Waals surface area contributed by atoms with Gasteiger partial charge in [0.25, 0.3) is 0 Å². The smallest absolute Gasteiger partial charge is 0.412 e. The highest BCUT2D eigenvalue weighted by Gasteiger charge is 2.14. The van der Waals surface area contributed by atoms with Crippen LogP contribution in [0.25, 0.3) is 22.4 Å². The first-order chi connectivity index (χ1) is 15.4. The molecule has 0 fully saturated rings. The Kier molecular flexibility index (Phi) is 6.89. The topological polar surface area (TPSA) is 76.2 Å². The summed E-state index contributed by atoms with van der Waals surface area (Å²) in [5.74, 6) is 1.70. The molecular formula is C23H18BrCl2N3O3. The third kappa shape index (κ3) is 5.01. The van der Waals surface area contributed by atoms with Crippen LogP contribution in [-0.4, -0.2) is 29.7 Å². The molecule has 0 saturated heterocycles. The van der Waals surface area contributed by atoms with Crippen molar-refractivity contribution in [3.63, 3.8) is 0 Å². The first-order valence-electron chi connectivity index (χ1n) is 9.67. The molecule has 0 atom stereocenters. The lowest BCUT2D eigenvalue weighted by Crippen LogP contribution is -2.28. The molecular weight excluding hydrogens is 517 g/mol. The van der Waals surface area contributed by atoms with E-state index in [9.17, 15) is 4.79 Å². The molecule has 1 amide bonds. The molecule has 0 aliphatic carbocycles. The second-order valence-corrected chi connectivity index (χ2v) is 8.56. The van der Waals surface area contributed by atoms with Crippen LogP contribution in [0.1, 0.15) is 5.56 Å². The predicted octanol–water partition coefficient (Wildman–Crippen LogP) is 6.64. The van der Waals surface area contributed by atoms with Crippen LogP contribution in [0.5, 0.6) is 11.5 Å². The van der Waals surface area contributed by atoms with Crippen molar-refractivity contribution >= 4 is 56.3 Å². The van der Waals surface area contributed by atoms with E-state index in [1.54, 1.807) is 43.5 Å². The Labute approximate surface area is 203 Å². The van der Waals surface area contributed by atoms with Gasteiger partial charge in [0.1, 0.15) is 17.3 Å². The molecule has 32 heavy (non-hydrogen) atoms. The summed E-state index contributed by atoms with van der Waals surface area (Å²) in [5, 5.41) is 3.75. The fraction of sp³-hybridized carbons (Fsp3) is 0.130. The summed E-state index contributed by atoms with van der Waals surface area (Å²) in [6.45, 7) is 0.430. The summed E-state index contributed by atoms with van der Waals surface area (Å²) in [6, 6.07) is 16.2. The number of ether oxygens (including phenoxy) is 2. The Morgan fingerprint density at radius 3 is 2.62 bits per heavy atom. The number of imidazole rings is 1. The lowest BCUT2D eigenvalue weighted by Gasteiger charge is -2.08. The minimum absolute atomic E-state index is 0.391. The zero-order valence-corrected chi connectivity index (χ0v) is 20.0. The number of halogens is 3. The molecule has 3 aromatic carbocycles. The molecule has 0 spiro atoms. The molecule has 1 aromatic heterocycles. The number of aromatic amines is 1. The lowest BCUT2D eigenvalue weighted by molar-refractivity contribution is 0.200. The van der Waals surface area contributed by atoms with E-state index in [2.05, 4.69) is 31.2 Å². The van der Waals surface area contributed by atoms with Gasteiger partial charge in [-0.15, -0.1) is 0 Å². The van der Waals surface area contributed by atoms with E-state index in [0.29, 0.717) is 51.2 Å². The second kappa shape index (κ2) is 9.81. The van der Waals surface area contributed by atoms with Crippen LogP contribution in [0.2, 0.25) is 10.0 Å². The van der Waals surface area contributed by atoms with Crippen molar-refractivity contribution in [2.75, 3.05) is 13.7 Å². The number of amides is 1. The van der Waals surface area contributed by atoms with Gasteiger partial charge in [-0.1, -0.05) is 35.3 Å². The fourth-order valence-corrected chi connectivity index (χ4v) is 4.38. The van der Waals surface area contributed by atoms with Gasteiger partial charge >= 0.3 is 6.09 Å². The van der Waals surface area contributed by atoms with E-state index >= 15 is 0 Å². The third-order valence-corrected chi connectivity index (χ3v) is 6.01. The van der Waals surface area contributed by atoms with E-state index in [-0.39, 0.29) is 0 Å².